The molecule has 27 heavy (non-hydrogen) atoms. The highest BCUT2D eigenvalue weighted by Gasteiger charge is 2.15. The minimum atomic E-state index is -3.20. The standard InChI is InChI=1S/C18H28FN3O3S.HI/c1-3-20-18(21-9-8-17-5-4-10-25-17)22-12-15-11-16(19)7-6-14(15)13-26(2,23)24;/h6-7,11,17H,3-5,8-10,12-13H2,1-2H3,(H2,20,21,22);1H. The van der Waals surface area contributed by atoms with Gasteiger partial charge in [-0.25, -0.2) is 17.8 Å². The van der Waals surface area contributed by atoms with Gasteiger partial charge in [0.1, 0.15) is 5.82 Å². The summed E-state index contributed by atoms with van der Waals surface area (Å²) >= 11 is 0. The summed E-state index contributed by atoms with van der Waals surface area (Å²) in [5, 5.41) is 6.39. The van der Waals surface area contributed by atoms with Crippen LogP contribution in [0.1, 0.15) is 37.3 Å². The second-order valence-electron chi connectivity index (χ2n) is 6.53. The zero-order valence-corrected chi connectivity index (χ0v) is 19.0. The first-order valence-electron chi connectivity index (χ1n) is 8.96. The van der Waals surface area contributed by atoms with Gasteiger partial charge >= 0.3 is 0 Å². The van der Waals surface area contributed by atoms with Crippen molar-refractivity contribution in [3.05, 3.63) is 35.1 Å². The molecule has 2 rings (SSSR count). The fourth-order valence-corrected chi connectivity index (χ4v) is 3.74. The van der Waals surface area contributed by atoms with Gasteiger partial charge in [-0.15, -0.1) is 24.0 Å². The third-order valence-electron chi connectivity index (χ3n) is 4.12. The Balaban J connectivity index is 0.00000364. The first-order valence-corrected chi connectivity index (χ1v) is 11.0. The summed E-state index contributed by atoms with van der Waals surface area (Å²) in [5.41, 5.74) is 1.15. The molecule has 0 aliphatic carbocycles. The molecule has 0 saturated carbocycles. The summed E-state index contributed by atoms with van der Waals surface area (Å²) in [6.45, 7) is 4.44. The van der Waals surface area contributed by atoms with Crippen molar-refractivity contribution in [3.63, 3.8) is 0 Å². The highest BCUT2D eigenvalue weighted by atomic mass is 127. The Morgan fingerprint density at radius 2 is 2.11 bits per heavy atom. The zero-order valence-electron chi connectivity index (χ0n) is 15.8. The van der Waals surface area contributed by atoms with Crippen molar-refractivity contribution in [1.29, 1.82) is 0 Å². The summed E-state index contributed by atoms with van der Waals surface area (Å²) in [7, 11) is -3.20. The average molecular weight is 513 g/mol. The summed E-state index contributed by atoms with van der Waals surface area (Å²) in [6, 6.07) is 4.14. The second kappa shape index (κ2) is 11.8. The third-order valence-corrected chi connectivity index (χ3v) is 4.96. The highest BCUT2D eigenvalue weighted by Crippen LogP contribution is 2.16. The number of halogens is 2. The fraction of sp³-hybridized carbons (Fsp3) is 0.611. The molecule has 0 aromatic heterocycles. The Hall–Kier alpha value is -0.940. The number of aliphatic imine (C=N–C) groups is 1. The maximum Gasteiger partial charge on any atom is 0.191 e. The molecule has 1 aromatic rings. The van der Waals surface area contributed by atoms with Gasteiger partial charge in [0.25, 0.3) is 0 Å². The minimum absolute atomic E-state index is 0. The van der Waals surface area contributed by atoms with Crippen LogP contribution in [0.2, 0.25) is 0 Å². The van der Waals surface area contributed by atoms with Gasteiger partial charge in [0.2, 0.25) is 0 Å². The molecule has 9 heteroatoms. The van der Waals surface area contributed by atoms with Gasteiger partial charge in [0, 0.05) is 26.0 Å². The van der Waals surface area contributed by atoms with Crippen LogP contribution in [-0.2, 0) is 26.9 Å². The van der Waals surface area contributed by atoms with Gasteiger partial charge in [-0.3, -0.25) is 0 Å². The van der Waals surface area contributed by atoms with E-state index in [1.54, 1.807) is 0 Å². The molecule has 1 aliphatic rings. The summed E-state index contributed by atoms with van der Waals surface area (Å²) in [5.74, 6) is 0.102. The van der Waals surface area contributed by atoms with E-state index in [2.05, 4.69) is 15.6 Å². The fourth-order valence-electron chi connectivity index (χ4n) is 2.89. The molecule has 2 N–H and O–H groups in total. The van der Waals surface area contributed by atoms with E-state index in [-0.39, 0.29) is 36.3 Å². The number of ether oxygens (including phenoxy) is 1. The number of nitrogens with one attached hydrogen (secondary N) is 2. The van der Waals surface area contributed by atoms with Crippen LogP contribution in [0.5, 0.6) is 0 Å². The monoisotopic (exact) mass is 513 g/mol. The predicted octanol–water partition coefficient (Wildman–Crippen LogP) is 2.61. The van der Waals surface area contributed by atoms with Gasteiger partial charge < -0.3 is 15.4 Å². The maximum absolute atomic E-state index is 13.6. The van der Waals surface area contributed by atoms with E-state index >= 15 is 0 Å². The average Bonchev–Trinajstić information content (AvgIpc) is 3.07. The largest absolute Gasteiger partial charge is 0.378 e. The van der Waals surface area contributed by atoms with E-state index in [0.29, 0.717) is 29.7 Å². The van der Waals surface area contributed by atoms with Crippen LogP contribution in [0.3, 0.4) is 0 Å². The molecule has 154 valence electrons. The van der Waals surface area contributed by atoms with E-state index in [9.17, 15) is 12.8 Å². The highest BCUT2D eigenvalue weighted by molar-refractivity contribution is 14.0. The SMILES string of the molecule is CCNC(=NCc1cc(F)ccc1CS(C)(=O)=O)NCCC1CCCO1.I. The van der Waals surface area contributed by atoms with Crippen LogP contribution in [0.4, 0.5) is 4.39 Å². The van der Waals surface area contributed by atoms with Crippen molar-refractivity contribution in [2.24, 2.45) is 4.99 Å². The molecule has 0 amide bonds. The second-order valence-corrected chi connectivity index (χ2v) is 8.67. The smallest absolute Gasteiger partial charge is 0.191 e. The molecule has 1 saturated heterocycles. The minimum Gasteiger partial charge on any atom is -0.378 e. The Kier molecular flexibility index (Phi) is 10.5. The first kappa shape index (κ1) is 24.1. The summed E-state index contributed by atoms with van der Waals surface area (Å²) in [6.07, 6.45) is 4.58. The Morgan fingerprint density at radius 3 is 2.74 bits per heavy atom. The number of rotatable bonds is 8. The third kappa shape index (κ3) is 9.20. The maximum atomic E-state index is 13.6. The van der Waals surface area contributed by atoms with Gasteiger partial charge in [-0.05, 0) is 49.4 Å². The van der Waals surface area contributed by atoms with Gasteiger partial charge in [-0.2, -0.15) is 0 Å². The normalized spacial score (nSPS) is 17.4. The van der Waals surface area contributed by atoms with Crippen molar-refractivity contribution in [2.45, 2.75) is 44.6 Å². The Labute approximate surface area is 178 Å². The number of sulfone groups is 1. The molecule has 0 spiro atoms. The molecule has 0 bridgehead atoms. The first-order chi connectivity index (χ1) is 12.4. The van der Waals surface area contributed by atoms with Crippen LogP contribution in [0.15, 0.2) is 23.2 Å². The van der Waals surface area contributed by atoms with Crippen LogP contribution >= 0.6 is 24.0 Å². The van der Waals surface area contributed by atoms with E-state index in [0.717, 1.165) is 32.4 Å². The van der Waals surface area contributed by atoms with E-state index in [4.69, 9.17) is 4.74 Å². The number of benzene rings is 1. The molecule has 6 nitrogen and oxygen atoms in total. The molecule has 1 aliphatic heterocycles. The number of hydrogen-bond donors (Lipinski definition) is 2. The predicted molar refractivity (Wildman–Crippen MR) is 117 cm³/mol. The lowest BCUT2D eigenvalue weighted by atomic mass is 10.1. The molecule has 1 heterocycles. The van der Waals surface area contributed by atoms with E-state index in [1.165, 1.54) is 24.5 Å². The summed E-state index contributed by atoms with van der Waals surface area (Å²) < 4.78 is 42.3. The van der Waals surface area contributed by atoms with Crippen molar-refractivity contribution < 1.29 is 17.5 Å². The summed E-state index contributed by atoms with van der Waals surface area (Å²) in [4.78, 5) is 4.47. The Bertz CT molecular complexity index is 723. The zero-order chi connectivity index (χ0) is 19.0. The van der Waals surface area contributed by atoms with Crippen LogP contribution in [-0.4, -0.2) is 46.4 Å². The van der Waals surface area contributed by atoms with Crippen molar-refractivity contribution in [2.75, 3.05) is 26.0 Å². The molecule has 0 radical (unpaired) electrons. The van der Waals surface area contributed by atoms with Crippen molar-refractivity contribution in [1.82, 2.24) is 10.6 Å². The number of guanidine groups is 1. The molecule has 1 fully saturated rings. The van der Waals surface area contributed by atoms with Crippen LogP contribution in [0, 0.1) is 5.82 Å². The lowest BCUT2D eigenvalue weighted by Gasteiger charge is -2.14. The van der Waals surface area contributed by atoms with Crippen LogP contribution in [0.25, 0.3) is 0 Å². The lowest BCUT2D eigenvalue weighted by Crippen LogP contribution is -2.38. The number of nitrogens with zero attached hydrogens (tertiary/aromatic N) is 1. The van der Waals surface area contributed by atoms with Gasteiger partial charge in [0.05, 0.1) is 18.4 Å². The van der Waals surface area contributed by atoms with Crippen LogP contribution < -0.4 is 10.6 Å². The molecule has 1 unspecified atom stereocenters. The quantitative estimate of drug-likeness (QED) is 0.318. The van der Waals surface area contributed by atoms with E-state index in [1.807, 2.05) is 6.92 Å². The van der Waals surface area contributed by atoms with Gasteiger partial charge in [-0.1, -0.05) is 6.07 Å². The van der Waals surface area contributed by atoms with Gasteiger partial charge in [0.15, 0.2) is 15.8 Å². The molecule has 1 aromatic carbocycles. The molecular weight excluding hydrogens is 484 g/mol. The molecular formula is C18H29FIN3O3S. The topological polar surface area (TPSA) is 79.8 Å². The number of hydrogen-bond acceptors (Lipinski definition) is 4. The Morgan fingerprint density at radius 1 is 1.33 bits per heavy atom. The molecule has 1 atom stereocenters. The van der Waals surface area contributed by atoms with Crippen molar-refractivity contribution >= 4 is 39.8 Å². The van der Waals surface area contributed by atoms with Crippen molar-refractivity contribution in [3.8, 4) is 0 Å². The van der Waals surface area contributed by atoms with E-state index < -0.39 is 15.7 Å². The lowest BCUT2D eigenvalue weighted by molar-refractivity contribution is 0.105.